The Morgan fingerprint density at radius 2 is 2.05 bits per heavy atom. The fourth-order valence-electron chi connectivity index (χ4n) is 2.39. The zero-order valence-corrected chi connectivity index (χ0v) is 13.1. The summed E-state index contributed by atoms with van der Waals surface area (Å²) in [5.41, 5.74) is -0.0650. The van der Waals surface area contributed by atoms with E-state index in [0.29, 0.717) is 19.4 Å². The Hall–Kier alpha value is -1.77. The van der Waals surface area contributed by atoms with Crippen molar-refractivity contribution in [1.82, 2.24) is 10.2 Å². The number of carbonyl (C=O) groups is 2. The van der Waals surface area contributed by atoms with Crippen LogP contribution >= 0.6 is 0 Å². The van der Waals surface area contributed by atoms with E-state index in [0.717, 1.165) is 12.8 Å². The van der Waals surface area contributed by atoms with Gasteiger partial charge in [0.1, 0.15) is 0 Å². The minimum Gasteiger partial charge on any atom is -0.481 e. The van der Waals surface area contributed by atoms with E-state index in [9.17, 15) is 9.59 Å². The number of hydrogen-bond donors (Lipinski definition) is 2. The third kappa shape index (κ3) is 6.98. The summed E-state index contributed by atoms with van der Waals surface area (Å²) in [6.07, 6.45) is 2.73. The average Bonchev–Trinajstić information content (AvgIpc) is 3.10. The molecular formula is C15H25N3O3. The highest BCUT2D eigenvalue weighted by Crippen LogP contribution is 2.28. The van der Waals surface area contributed by atoms with E-state index < -0.39 is 12.0 Å². The normalized spacial score (nSPS) is 15.9. The third-order valence-electron chi connectivity index (χ3n) is 3.32. The standard InChI is InChI=1S/C15H25N3O3/c1-15(2,3)10-11(9-13(19)20)17-14(21)18(8-4-7-16)12-5-6-12/h11-12H,4-6,8-10H2,1-3H3,(H,17,21)(H,19,20). The molecule has 1 saturated carbocycles. The number of carbonyl (C=O) groups excluding carboxylic acids is 1. The maximum Gasteiger partial charge on any atom is 0.317 e. The number of nitriles is 1. The number of nitrogens with zero attached hydrogens (tertiary/aromatic N) is 2. The maximum atomic E-state index is 12.3. The Labute approximate surface area is 126 Å². The van der Waals surface area contributed by atoms with Crippen LogP contribution in [-0.4, -0.2) is 40.6 Å². The van der Waals surface area contributed by atoms with Gasteiger partial charge in [-0.2, -0.15) is 5.26 Å². The molecule has 0 heterocycles. The SMILES string of the molecule is CC(C)(C)CC(CC(=O)O)NC(=O)N(CCC#N)C1CC1. The van der Waals surface area contributed by atoms with Crippen molar-refractivity contribution in [1.29, 1.82) is 5.26 Å². The summed E-state index contributed by atoms with van der Waals surface area (Å²) in [5.74, 6) is -0.917. The topological polar surface area (TPSA) is 93.4 Å². The quantitative estimate of drug-likeness (QED) is 0.754. The number of nitrogens with one attached hydrogen (secondary N) is 1. The van der Waals surface area contributed by atoms with Gasteiger partial charge in [0.05, 0.1) is 18.9 Å². The molecule has 1 unspecified atom stereocenters. The van der Waals surface area contributed by atoms with Gasteiger partial charge in [-0.1, -0.05) is 20.8 Å². The zero-order valence-electron chi connectivity index (χ0n) is 13.1. The van der Waals surface area contributed by atoms with Crippen molar-refractivity contribution in [2.24, 2.45) is 5.41 Å². The first kappa shape index (κ1) is 17.3. The zero-order chi connectivity index (χ0) is 16.0. The van der Waals surface area contributed by atoms with Gasteiger partial charge in [0, 0.05) is 18.6 Å². The fraction of sp³-hybridized carbons (Fsp3) is 0.800. The van der Waals surface area contributed by atoms with Gasteiger partial charge >= 0.3 is 12.0 Å². The minimum atomic E-state index is -0.917. The molecular weight excluding hydrogens is 270 g/mol. The fourth-order valence-corrected chi connectivity index (χ4v) is 2.39. The Morgan fingerprint density at radius 3 is 2.48 bits per heavy atom. The molecule has 6 heteroatoms. The van der Waals surface area contributed by atoms with Crippen LogP contribution in [0.15, 0.2) is 0 Å². The van der Waals surface area contributed by atoms with E-state index in [2.05, 4.69) is 5.32 Å². The first-order valence-electron chi connectivity index (χ1n) is 7.39. The molecule has 1 aliphatic rings. The molecule has 0 saturated heterocycles. The highest BCUT2D eigenvalue weighted by atomic mass is 16.4. The predicted molar refractivity (Wildman–Crippen MR) is 78.6 cm³/mol. The number of carboxylic acids is 1. The van der Waals surface area contributed by atoms with E-state index in [-0.39, 0.29) is 23.9 Å². The van der Waals surface area contributed by atoms with Crippen molar-refractivity contribution in [2.75, 3.05) is 6.54 Å². The van der Waals surface area contributed by atoms with E-state index in [1.54, 1.807) is 4.90 Å². The van der Waals surface area contributed by atoms with Crippen LogP contribution in [0.2, 0.25) is 0 Å². The second-order valence-electron chi connectivity index (χ2n) is 6.84. The van der Waals surface area contributed by atoms with Crippen LogP contribution < -0.4 is 5.32 Å². The molecule has 0 bridgehead atoms. The van der Waals surface area contributed by atoms with Gasteiger partial charge in [-0.25, -0.2) is 4.79 Å². The second-order valence-corrected chi connectivity index (χ2v) is 6.84. The Balaban J connectivity index is 2.64. The molecule has 1 aliphatic carbocycles. The molecule has 0 radical (unpaired) electrons. The largest absolute Gasteiger partial charge is 0.481 e. The summed E-state index contributed by atoms with van der Waals surface area (Å²) >= 11 is 0. The van der Waals surface area contributed by atoms with Gasteiger partial charge in [0.15, 0.2) is 0 Å². The summed E-state index contributed by atoms with van der Waals surface area (Å²) in [7, 11) is 0. The number of carboxylic acid groups (broad SMARTS) is 1. The Kier molecular flexibility index (Phi) is 6.01. The van der Waals surface area contributed by atoms with Crippen molar-refractivity contribution in [2.45, 2.75) is 65.0 Å². The monoisotopic (exact) mass is 295 g/mol. The average molecular weight is 295 g/mol. The number of rotatable bonds is 7. The lowest BCUT2D eigenvalue weighted by Gasteiger charge is -2.29. The van der Waals surface area contributed by atoms with Crippen LogP contribution in [0.4, 0.5) is 4.79 Å². The van der Waals surface area contributed by atoms with Gasteiger partial charge in [-0.15, -0.1) is 0 Å². The summed E-state index contributed by atoms with van der Waals surface area (Å²) < 4.78 is 0. The van der Waals surface area contributed by atoms with E-state index in [4.69, 9.17) is 10.4 Å². The Bertz CT molecular complexity index is 419. The first-order valence-corrected chi connectivity index (χ1v) is 7.39. The molecule has 0 aromatic rings. The van der Waals surface area contributed by atoms with Gasteiger partial charge < -0.3 is 15.3 Å². The number of amides is 2. The molecule has 21 heavy (non-hydrogen) atoms. The van der Waals surface area contributed by atoms with Crippen molar-refractivity contribution < 1.29 is 14.7 Å². The van der Waals surface area contributed by atoms with E-state index >= 15 is 0 Å². The van der Waals surface area contributed by atoms with E-state index in [1.165, 1.54) is 0 Å². The molecule has 1 rings (SSSR count). The summed E-state index contributed by atoms with van der Waals surface area (Å²) in [6, 6.07) is 1.61. The molecule has 1 fully saturated rings. The molecule has 2 N–H and O–H groups in total. The van der Waals surface area contributed by atoms with Gasteiger partial charge in [-0.05, 0) is 24.7 Å². The highest BCUT2D eigenvalue weighted by Gasteiger charge is 2.33. The van der Waals surface area contributed by atoms with Gasteiger partial charge in [-0.3, -0.25) is 4.79 Å². The van der Waals surface area contributed by atoms with Crippen LogP contribution in [0.3, 0.4) is 0 Å². The minimum absolute atomic E-state index is 0.0650. The van der Waals surface area contributed by atoms with Crippen molar-refractivity contribution >= 4 is 12.0 Å². The molecule has 2 amide bonds. The first-order chi connectivity index (χ1) is 9.73. The third-order valence-corrected chi connectivity index (χ3v) is 3.32. The van der Waals surface area contributed by atoms with Gasteiger partial charge in [0.25, 0.3) is 0 Å². The number of hydrogen-bond acceptors (Lipinski definition) is 3. The molecule has 0 aromatic carbocycles. The molecule has 118 valence electrons. The lowest BCUT2D eigenvalue weighted by atomic mass is 9.87. The molecule has 6 nitrogen and oxygen atoms in total. The number of urea groups is 1. The van der Waals surface area contributed by atoms with Crippen LogP contribution in [-0.2, 0) is 4.79 Å². The van der Waals surface area contributed by atoms with Crippen molar-refractivity contribution in [3.8, 4) is 6.07 Å². The van der Waals surface area contributed by atoms with Crippen LogP contribution in [0.25, 0.3) is 0 Å². The van der Waals surface area contributed by atoms with Crippen LogP contribution in [0, 0.1) is 16.7 Å². The summed E-state index contributed by atoms with van der Waals surface area (Å²) in [5, 5.41) is 20.5. The molecule has 0 aromatic heterocycles. The molecule has 0 aliphatic heterocycles. The highest BCUT2D eigenvalue weighted by molar-refractivity contribution is 5.76. The molecule has 0 spiro atoms. The lowest BCUT2D eigenvalue weighted by Crippen LogP contribution is -2.47. The summed E-state index contributed by atoms with van der Waals surface area (Å²) in [4.78, 5) is 24.9. The predicted octanol–water partition coefficient (Wildman–Crippen LogP) is 2.35. The summed E-state index contributed by atoms with van der Waals surface area (Å²) in [6.45, 7) is 6.45. The molecule has 1 atom stereocenters. The lowest BCUT2D eigenvalue weighted by molar-refractivity contribution is -0.137. The van der Waals surface area contributed by atoms with Crippen LogP contribution in [0.5, 0.6) is 0 Å². The smallest absolute Gasteiger partial charge is 0.317 e. The van der Waals surface area contributed by atoms with Crippen LogP contribution in [0.1, 0.15) is 52.9 Å². The van der Waals surface area contributed by atoms with Gasteiger partial charge in [0.2, 0.25) is 0 Å². The number of aliphatic carboxylic acids is 1. The maximum absolute atomic E-state index is 12.3. The van der Waals surface area contributed by atoms with Crippen molar-refractivity contribution in [3.05, 3.63) is 0 Å². The Morgan fingerprint density at radius 1 is 1.43 bits per heavy atom. The van der Waals surface area contributed by atoms with Crippen molar-refractivity contribution in [3.63, 3.8) is 0 Å². The second kappa shape index (κ2) is 7.30. The van der Waals surface area contributed by atoms with E-state index in [1.807, 2.05) is 26.8 Å².